The molecule has 0 bridgehead atoms. The normalized spacial score (nSPS) is 16.4. The summed E-state index contributed by atoms with van der Waals surface area (Å²) in [7, 11) is -3.13. The van der Waals surface area contributed by atoms with Gasteiger partial charge in [0.1, 0.15) is 0 Å². The minimum Gasteiger partial charge on any atom is -0.342 e. The topological polar surface area (TPSA) is 100 Å². The molecule has 0 spiro atoms. The van der Waals surface area contributed by atoms with Gasteiger partial charge in [-0.05, 0) is 19.1 Å². The van der Waals surface area contributed by atoms with E-state index in [1.807, 2.05) is 19.1 Å². The number of amides is 2. The summed E-state index contributed by atoms with van der Waals surface area (Å²) in [6, 6.07) is 7.19. The molecule has 1 saturated heterocycles. The van der Waals surface area contributed by atoms with Gasteiger partial charge in [-0.1, -0.05) is 17.7 Å². The monoisotopic (exact) mass is 369 g/mol. The Balaban J connectivity index is 1.68. The van der Waals surface area contributed by atoms with E-state index in [9.17, 15) is 18.0 Å². The fourth-order valence-corrected chi connectivity index (χ4v) is 3.49. The SMILES string of the molecule is Cc1ccc(NC(=O)C(=O)NCC[NH+]2CCN(S(C)(=O)=O)CC2)cc1. The summed E-state index contributed by atoms with van der Waals surface area (Å²) in [5.74, 6) is -1.37. The van der Waals surface area contributed by atoms with Gasteiger partial charge in [-0.15, -0.1) is 0 Å². The highest BCUT2D eigenvalue weighted by Gasteiger charge is 2.25. The third-order valence-electron chi connectivity index (χ3n) is 4.18. The minimum absolute atomic E-state index is 0.369. The average Bonchev–Trinajstić information content (AvgIpc) is 2.56. The maximum atomic E-state index is 11.8. The summed E-state index contributed by atoms with van der Waals surface area (Å²) in [5.41, 5.74) is 1.65. The quantitative estimate of drug-likeness (QED) is 0.534. The molecule has 0 aromatic heterocycles. The lowest BCUT2D eigenvalue weighted by molar-refractivity contribution is -0.902. The van der Waals surface area contributed by atoms with Crippen molar-refractivity contribution >= 4 is 27.5 Å². The maximum absolute atomic E-state index is 11.8. The third kappa shape index (κ3) is 6.11. The highest BCUT2D eigenvalue weighted by atomic mass is 32.2. The molecule has 1 aliphatic rings. The van der Waals surface area contributed by atoms with Gasteiger partial charge in [-0.3, -0.25) is 9.59 Å². The van der Waals surface area contributed by atoms with Crippen LogP contribution in [0.25, 0.3) is 0 Å². The number of anilines is 1. The fourth-order valence-electron chi connectivity index (χ4n) is 2.64. The Hall–Kier alpha value is -1.97. The predicted octanol–water partition coefficient (Wildman–Crippen LogP) is -1.79. The second-order valence-corrected chi connectivity index (χ2v) is 8.22. The second-order valence-electron chi connectivity index (χ2n) is 6.24. The lowest BCUT2D eigenvalue weighted by Gasteiger charge is -2.30. The molecule has 1 aromatic carbocycles. The van der Waals surface area contributed by atoms with Crippen molar-refractivity contribution < 1.29 is 22.9 Å². The van der Waals surface area contributed by atoms with E-state index in [0.717, 1.165) is 5.56 Å². The lowest BCUT2D eigenvalue weighted by atomic mass is 10.2. The van der Waals surface area contributed by atoms with Gasteiger partial charge in [0.25, 0.3) is 0 Å². The van der Waals surface area contributed by atoms with Crippen LogP contribution in [0.4, 0.5) is 5.69 Å². The number of carbonyl (C=O) groups is 2. The lowest BCUT2D eigenvalue weighted by Crippen LogP contribution is -3.15. The molecule has 0 unspecified atom stereocenters. The smallest absolute Gasteiger partial charge is 0.313 e. The van der Waals surface area contributed by atoms with Gasteiger partial charge in [-0.25, -0.2) is 8.42 Å². The number of aryl methyl sites for hydroxylation is 1. The molecule has 138 valence electrons. The zero-order chi connectivity index (χ0) is 18.4. The molecule has 0 atom stereocenters. The van der Waals surface area contributed by atoms with Crippen LogP contribution in [-0.4, -0.2) is 70.1 Å². The van der Waals surface area contributed by atoms with Gasteiger partial charge < -0.3 is 15.5 Å². The van der Waals surface area contributed by atoms with Crippen molar-refractivity contribution in [3.05, 3.63) is 29.8 Å². The summed E-state index contributed by atoms with van der Waals surface area (Å²) < 4.78 is 24.4. The highest BCUT2D eigenvalue weighted by molar-refractivity contribution is 7.88. The van der Waals surface area contributed by atoms with Crippen molar-refractivity contribution in [1.29, 1.82) is 0 Å². The van der Waals surface area contributed by atoms with Crippen LogP contribution in [0.15, 0.2) is 24.3 Å². The molecule has 1 aliphatic heterocycles. The fraction of sp³-hybridized carbons (Fsp3) is 0.500. The number of carbonyl (C=O) groups excluding carboxylic acids is 2. The molecule has 1 aromatic rings. The molecule has 2 amide bonds. The zero-order valence-electron chi connectivity index (χ0n) is 14.5. The minimum atomic E-state index is -3.13. The molecule has 1 heterocycles. The van der Waals surface area contributed by atoms with E-state index in [0.29, 0.717) is 45.0 Å². The largest absolute Gasteiger partial charge is 0.342 e. The van der Waals surface area contributed by atoms with Crippen LogP contribution in [0.3, 0.4) is 0 Å². The third-order valence-corrected chi connectivity index (χ3v) is 5.48. The Morgan fingerprint density at radius 2 is 1.72 bits per heavy atom. The molecule has 0 saturated carbocycles. The van der Waals surface area contributed by atoms with Crippen LogP contribution in [0.2, 0.25) is 0 Å². The van der Waals surface area contributed by atoms with Gasteiger partial charge in [0.05, 0.1) is 45.5 Å². The van der Waals surface area contributed by atoms with E-state index in [1.165, 1.54) is 15.5 Å². The van der Waals surface area contributed by atoms with E-state index < -0.39 is 21.8 Å². The van der Waals surface area contributed by atoms with E-state index in [-0.39, 0.29) is 0 Å². The van der Waals surface area contributed by atoms with Crippen molar-refractivity contribution in [2.75, 3.05) is 50.8 Å². The van der Waals surface area contributed by atoms with Crippen molar-refractivity contribution in [2.45, 2.75) is 6.92 Å². The van der Waals surface area contributed by atoms with Crippen molar-refractivity contribution in [2.24, 2.45) is 0 Å². The summed E-state index contributed by atoms with van der Waals surface area (Å²) in [5, 5.41) is 5.15. The molecule has 2 rings (SSSR count). The van der Waals surface area contributed by atoms with Crippen LogP contribution in [0.5, 0.6) is 0 Å². The van der Waals surface area contributed by atoms with Crippen LogP contribution >= 0.6 is 0 Å². The number of quaternary nitrogens is 1. The molecular weight excluding hydrogens is 344 g/mol. The first-order valence-corrected chi connectivity index (χ1v) is 10.0. The number of hydrogen-bond donors (Lipinski definition) is 3. The Morgan fingerprint density at radius 3 is 2.28 bits per heavy atom. The van der Waals surface area contributed by atoms with Crippen LogP contribution in [0.1, 0.15) is 5.56 Å². The number of piperazine rings is 1. The highest BCUT2D eigenvalue weighted by Crippen LogP contribution is 2.08. The van der Waals surface area contributed by atoms with Gasteiger partial charge in [0, 0.05) is 5.69 Å². The molecule has 25 heavy (non-hydrogen) atoms. The van der Waals surface area contributed by atoms with Crippen LogP contribution < -0.4 is 15.5 Å². The van der Waals surface area contributed by atoms with E-state index in [1.54, 1.807) is 12.1 Å². The zero-order valence-corrected chi connectivity index (χ0v) is 15.4. The molecule has 9 heteroatoms. The van der Waals surface area contributed by atoms with Gasteiger partial charge in [-0.2, -0.15) is 4.31 Å². The van der Waals surface area contributed by atoms with E-state index >= 15 is 0 Å². The molecular formula is C16H25N4O4S+. The summed E-state index contributed by atoms with van der Waals surface area (Å²) in [6.45, 7) is 5.31. The number of nitrogens with zero attached hydrogens (tertiary/aromatic N) is 1. The van der Waals surface area contributed by atoms with Crippen molar-refractivity contribution in [3.63, 3.8) is 0 Å². The maximum Gasteiger partial charge on any atom is 0.313 e. The van der Waals surface area contributed by atoms with Crippen molar-refractivity contribution in [1.82, 2.24) is 9.62 Å². The number of rotatable bonds is 5. The molecule has 3 N–H and O–H groups in total. The van der Waals surface area contributed by atoms with E-state index in [4.69, 9.17) is 0 Å². The number of nitrogens with one attached hydrogen (secondary N) is 3. The Labute approximate surface area is 148 Å². The Kier molecular flexibility index (Phi) is 6.51. The van der Waals surface area contributed by atoms with Gasteiger partial charge >= 0.3 is 11.8 Å². The number of sulfonamides is 1. The van der Waals surface area contributed by atoms with E-state index in [2.05, 4.69) is 10.6 Å². The average molecular weight is 369 g/mol. The number of hydrogen-bond acceptors (Lipinski definition) is 4. The molecule has 1 fully saturated rings. The van der Waals surface area contributed by atoms with Crippen molar-refractivity contribution in [3.8, 4) is 0 Å². The molecule has 0 radical (unpaired) electrons. The standard InChI is InChI=1S/C16H24N4O4S/c1-13-3-5-14(6-4-13)18-16(22)15(21)17-7-8-19-9-11-20(12-10-19)25(2,23)24/h3-6H,7-12H2,1-2H3,(H,17,21)(H,18,22)/p+1. The van der Waals surface area contributed by atoms with Crippen LogP contribution in [-0.2, 0) is 19.6 Å². The van der Waals surface area contributed by atoms with Crippen LogP contribution in [0, 0.1) is 6.92 Å². The van der Waals surface area contributed by atoms with Gasteiger partial charge in [0.2, 0.25) is 10.0 Å². The Morgan fingerprint density at radius 1 is 1.12 bits per heavy atom. The predicted molar refractivity (Wildman–Crippen MR) is 94.8 cm³/mol. The molecule has 0 aliphatic carbocycles. The first-order chi connectivity index (χ1) is 11.8. The molecule has 8 nitrogen and oxygen atoms in total. The Bertz CT molecular complexity index is 710. The van der Waals surface area contributed by atoms with Gasteiger partial charge in [0.15, 0.2) is 0 Å². The summed E-state index contributed by atoms with van der Waals surface area (Å²) >= 11 is 0. The first kappa shape index (κ1) is 19.4. The summed E-state index contributed by atoms with van der Waals surface area (Å²) in [6.07, 6.45) is 1.21. The number of benzene rings is 1. The summed E-state index contributed by atoms with van der Waals surface area (Å²) in [4.78, 5) is 24.9. The second kappa shape index (κ2) is 8.41. The first-order valence-electron chi connectivity index (χ1n) is 8.20.